The molecule has 1 aromatic heterocycles. The minimum absolute atomic E-state index is 0.120. The van der Waals surface area contributed by atoms with E-state index in [0.717, 1.165) is 35.4 Å². The number of hydrogen-bond donors (Lipinski definition) is 6. The van der Waals surface area contributed by atoms with E-state index in [4.69, 9.17) is 4.74 Å². The van der Waals surface area contributed by atoms with Gasteiger partial charge in [-0.2, -0.15) is 11.8 Å². The van der Waals surface area contributed by atoms with Gasteiger partial charge in [-0.3, -0.25) is 33.1 Å². The summed E-state index contributed by atoms with van der Waals surface area (Å²) in [7, 11) is -11.4. The topological polar surface area (TPSA) is 300 Å². The number of phosphoric acid groups is 2. The summed E-state index contributed by atoms with van der Waals surface area (Å²) in [5.41, 5.74) is -1.73. The van der Waals surface area contributed by atoms with Gasteiger partial charge in [0.25, 0.3) is 13.4 Å². The van der Waals surface area contributed by atoms with E-state index < -0.39 is 70.4 Å². The number of rotatable bonds is 18. The largest absolute Gasteiger partial charge is 0.756 e. The first-order valence-electron chi connectivity index (χ1n) is 15.1. The third-order valence-corrected chi connectivity index (χ3v) is 11.7. The van der Waals surface area contributed by atoms with Crippen LogP contribution in [0.1, 0.15) is 57.6 Å². The Hall–Kier alpha value is -2.58. The highest BCUT2D eigenvalue weighted by atomic mass is 32.2. The maximum atomic E-state index is 12.1. The molecular formula is C25H37N5O15P2S-2. The number of ether oxygens (including phenoxy) is 1. The molecule has 6 unspecified atom stereocenters. The molecule has 48 heavy (non-hydrogen) atoms. The number of amides is 3. The van der Waals surface area contributed by atoms with Crippen molar-refractivity contribution in [3.8, 4) is 0 Å². The number of aromatic amines is 1. The Morgan fingerprint density at radius 1 is 1.04 bits per heavy atom. The molecule has 3 aliphatic rings. The molecule has 0 saturated carbocycles. The van der Waals surface area contributed by atoms with Crippen LogP contribution in [0.15, 0.2) is 21.9 Å². The Kier molecular flexibility index (Phi) is 13.4. The quantitative estimate of drug-likeness (QED) is 0.0542. The molecule has 6 N–H and O–H groups in total. The van der Waals surface area contributed by atoms with Gasteiger partial charge in [0.15, 0.2) is 6.23 Å². The molecule has 0 radical (unpaired) electrons. The molecule has 20 nitrogen and oxygen atoms in total. The number of phosphoric ester groups is 2. The molecule has 3 aliphatic heterocycles. The zero-order chi connectivity index (χ0) is 35.1. The lowest BCUT2D eigenvalue weighted by Crippen LogP contribution is -2.37. The van der Waals surface area contributed by atoms with Crippen LogP contribution in [0.3, 0.4) is 0 Å². The van der Waals surface area contributed by atoms with Crippen LogP contribution in [0.25, 0.3) is 0 Å². The van der Waals surface area contributed by atoms with Gasteiger partial charge in [0.1, 0.15) is 18.3 Å². The molecule has 4 rings (SSSR count). The number of aliphatic hydroxyl groups excluding tert-OH is 2. The number of carbonyl (C=O) groups is 3. The lowest BCUT2D eigenvalue weighted by Gasteiger charge is -2.30. The first-order valence-corrected chi connectivity index (χ1v) is 19.1. The van der Waals surface area contributed by atoms with E-state index in [2.05, 4.69) is 29.3 Å². The fourth-order valence-corrected chi connectivity index (χ4v) is 8.90. The number of hydrogen-bond acceptors (Lipinski definition) is 16. The molecule has 0 aromatic carbocycles. The number of aliphatic hydroxyl groups is 2. The maximum absolute atomic E-state index is 12.1. The minimum Gasteiger partial charge on any atom is -0.756 e. The van der Waals surface area contributed by atoms with Crippen LogP contribution in [0.2, 0.25) is 0 Å². The second kappa shape index (κ2) is 16.9. The number of H-pyrrole nitrogens is 1. The summed E-state index contributed by atoms with van der Waals surface area (Å²) in [6.07, 6.45) is -2.23. The summed E-state index contributed by atoms with van der Waals surface area (Å²) in [6, 6.07) is 1.09. The Labute approximate surface area is 277 Å². The predicted octanol–water partition coefficient (Wildman–Crippen LogP) is -1.93. The standard InChI is InChI=1S/C25H39N5O15P2S/c31-17(7-4-3-6-16-20-14(13-48-16)27-24(36)29-20)26-10-5-1-2-8-19(33)44-47(40,41)45-46(38,39)42-12-15-21(34)22(35)23(43-15)30-11-9-18(32)28-25(30)37/h9,11,14-16,20-23,34-35H,1-8,10,12-13H2,(H,26,31)(H,38,39)(H,40,41)(H2,27,29,36)(H,28,32,37)/p-2/t14?,15-,16?,20?,21+,22?,23-/m1/s1. The van der Waals surface area contributed by atoms with E-state index in [-0.39, 0.29) is 30.4 Å². The second-order valence-corrected chi connectivity index (χ2v) is 15.5. The van der Waals surface area contributed by atoms with Crippen molar-refractivity contribution in [1.29, 1.82) is 0 Å². The molecule has 23 heteroatoms. The first kappa shape index (κ1) is 38.2. The monoisotopic (exact) mass is 741 g/mol. The van der Waals surface area contributed by atoms with Crippen molar-refractivity contribution in [3.05, 3.63) is 33.1 Å². The van der Waals surface area contributed by atoms with E-state index in [1.807, 2.05) is 16.7 Å². The maximum Gasteiger partial charge on any atom is 0.330 e. The molecule has 3 saturated heterocycles. The zero-order valence-corrected chi connectivity index (χ0v) is 28.0. The average molecular weight is 742 g/mol. The second-order valence-electron chi connectivity index (χ2n) is 11.3. The third-order valence-electron chi connectivity index (χ3n) is 7.73. The van der Waals surface area contributed by atoms with E-state index in [1.165, 1.54) is 0 Å². The Bertz CT molecular complexity index is 1530. The lowest BCUT2D eigenvalue weighted by molar-refractivity contribution is -0.244. The summed E-state index contributed by atoms with van der Waals surface area (Å²) >= 11 is 1.81. The van der Waals surface area contributed by atoms with Crippen molar-refractivity contribution in [1.82, 2.24) is 25.5 Å². The van der Waals surface area contributed by atoms with Crippen LogP contribution >= 0.6 is 27.4 Å². The zero-order valence-electron chi connectivity index (χ0n) is 25.4. The Balaban J connectivity index is 1.06. The Morgan fingerprint density at radius 3 is 2.54 bits per heavy atom. The van der Waals surface area contributed by atoms with Crippen LogP contribution in [-0.2, 0) is 36.8 Å². The normalized spacial score (nSPS) is 28.9. The number of carbonyl (C=O) groups excluding carboxylic acids is 3. The molecular weight excluding hydrogens is 704 g/mol. The summed E-state index contributed by atoms with van der Waals surface area (Å²) < 4.78 is 42.5. The first-order chi connectivity index (χ1) is 22.6. The molecule has 0 spiro atoms. The van der Waals surface area contributed by atoms with Crippen molar-refractivity contribution in [3.63, 3.8) is 0 Å². The fraction of sp³-hybridized carbons (Fsp3) is 0.720. The molecule has 4 heterocycles. The van der Waals surface area contributed by atoms with Gasteiger partial charge >= 0.3 is 25.5 Å². The summed E-state index contributed by atoms with van der Waals surface area (Å²) in [5.74, 6) is -0.534. The fourth-order valence-electron chi connectivity index (χ4n) is 5.38. The average Bonchev–Trinajstić information content (AvgIpc) is 3.63. The number of nitrogens with one attached hydrogen (secondary N) is 4. The summed E-state index contributed by atoms with van der Waals surface area (Å²) in [4.78, 5) is 84.6. The van der Waals surface area contributed by atoms with Crippen molar-refractivity contribution < 1.29 is 61.6 Å². The number of unbranched alkanes of at least 4 members (excludes halogenated alkanes) is 3. The molecule has 3 amide bonds. The minimum atomic E-state index is -5.75. The van der Waals surface area contributed by atoms with Crippen molar-refractivity contribution in [2.45, 2.75) is 93.2 Å². The third kappa shape index (κ3) is 11.0. The van der Waals surface area contributed by atoms with Gasteiger partial charge in [0.05, 0.1) is 18.7 Å². The molecule has 0 bridgehead atoms. The summed E-state index contributed by atoms with van der Waals surface area (Å²) in [5, 5.41) is 29.3. The van der Waals surface area contributed by atoms with Crippen molar-refractivity contribution in [2.24, 2.45) is 0 Å². The van der Waals surface area contributed by atoms with Gasteiger partial charge in [-0.1, -0.05) is 12.8 Å². The highest BCUT2D eigenvalue weighted by molar-refractivity contribution is 8.00. The number of urea groups is 1. The lowest BCUT2D eigenvalue weighted by atomic mass is 10.0. The van der Waals surface area contributed by atoms with E-state index in [1.54, 1.807) is 0 Å². The SMILES string of the molecule is O=C(CCCCC1SCC2NC(=O)NC21)NCCCCCC(=O)OP(=O)([O-])OP(=O)([O-])OC[C@H]1O[C@@H](n2ccc(=O)[nH]c2=O)C(O)[C@H]1O. The number of thioether (sulfide) groups is 1. The van der Waals surface area contributed by atoms with E-state index in [0.29, 0.717) is 37.5 Å². The van der Waals surface area contributed by atoms with E-state index >= 15 is 0 Å². The van der Waals surface area contributed by atoms with Gasteiger partial charge in [-0.05, 0) is 25.7 Å². The molecule has 270 valence electrons. The summed E-state index contributed by atoms with van der Waals surface area (Å²) in [6.45, 7) is -0.718. The van der Waals surface area contributed by atoms with Gasteiger partial charge < -0.3 is 49.7 Å². The van der Waals surface area contributed by atoms with Crippen LogP contribution in [0, 0.1) is 0 Å². The molecule has 3 fully saturated rings. The van der Waals surface area contributed by atoms with Crippen LogP contribution in [-0.4, -0.2) is 92.2 Å². The number of aromatic nitrogens is 2. The van der Waals surface area contributed by atoms with Gasteiger partial charge in [-0.25, -0.2) is 13.9 Å². The smallest absolute Gasteiger partial charge is 0.330 e. The number of fused-ring (bicyclic) bond motifs is 1. The predicted molar refractivity (Wildman–Crippen MR) is 161 cm³/mol. The highest BCUT2D eigenvalue weighted by Crippen LogP contribution is 2.56. The van der Waals surface area contributed by atoms with Gasteiger partial charge in [0, 0.05) is 42.7 Å². The highest BCUT2D eigenvalue weighted by Gasteiger charge is 2.45. The van der Waals surface area contributed by atoms with E-state index in [9.17, 15) is 53.1 Å². The molecule has 0 aliphatic carbocycles. The van der Waals surface area contributed by atoms with Gasteiger partial charge in [-0.15, -0.1) is 0 Å². The van der Waals surface area contributed by atoms with Crippen LogP contribution in [0.4, 0.5) is 4.79 Å². The van der Waals surface area contributed by atoms with Gasteiger partial charge in [0.2, 0.25) is 5.91 Å². The molecule has 9 atom stereocenters. The number of nitrogens with zero attached hydrogens (tertiary/aromatic N) is 1. The van der Waals surface area contributed by atoms with Crippen LogP contribution in [0.5, 0.6) is 0 Å². The van der Waals surface area contributed by atoms with Crippen LogP contribution < -0.4 is 37.0 Å². The van der Waals surface area contributed by atoms with Crippen molar-refractivity contribution in [2.75, 3.05) is 18.9 Å². The Morgan fingerprint density at radius 2 is 1.79 bits per heavy atom. The van der Waals surface area contributed by atoms with Crippen molar-refractivity contribution >= 4 is 45.3 Å². The molecule has 1 aromatic rings.